The molecular weight excluding hydrogens is 228 g/mol. The van der Waals surface area contributed by atoms with Crippen molar-refractivity contribution < 1.29 is 4.52 Å². The summed E-state index contributed by atoms with van der Waals surface area (Å²) in [4.78, 5) is 4.05. The second kappa shape index (κ2) is 4.62. The lowest BCUT2D eigenvalue weighted by molar-refractivity contribution is 0.408. The Labute approximate surface area is 104 Å². The number of nitrogens with one attached hydrogen (secondary N) is 1. The van der Waals surface area contributed by atoms with Crippen molar-refractivity contribution in [3.05, 3.63) is 48.2 Å². The number of hydrogen-bond acceptors (Lipinski definition) is 4. The molecule has 3 aromatic rings. The van der Waals surface area contributed by atoms with Gasteiger partial charge >= 0.3 is 0 Å². The summed E-state index contributed by atoms with van der Waals surface area (Å²) in [5.74, 6) is 0.687. The molecular formula is C13H14N4O. The summed E-state index contributed by atoms with van der Waals surface area (Å²) in [6.45, 7) is 1.49. The van der Waals surface area contributed by atoms with Gasteiger partial charge in [-0.15, -0.1) is 0 Å². The monoisotopic (exact) mass is 242 g/mol. The normalized spacial score (nSPS) is 11.2. The molecule has 0 atom stereocenters. The largest absolute Gasteiger partial charge is 0.343 e. The van der Waals surface area contributed by atoms with Crippen LogP contribution in [-0.2, 0) is 13.1 Å². The Kier molecular flexibility index (Phi) is 2.82. The average Bonchev–Trinajstić information content (AvgIpc) is 3.01. The van der Waals surface area contributed by atoms with Gasteiger partial charge in [0.15, 0.2) is 5.82 Å². The highest BCUT2D eigenvalue weighted by molar-refractivity contribution is 5.83. The van der Waals surface area contributed by atoms with E-state index in [-0.39, 0.29) is 0 Å². The Bertz CT molecular complexity index is 642. The van der Waals surface area contributed by atoms with E-state index in [9.17, 15) is 0 Å². The van der Waals surface area contributed by atoms with Gasteiger partial charge in [-0.05, 0) is 24.7 Å². The minimum Gasteiger partial charge on any atom is -0.343 e. The molecule has 0 aliphatic carbocycles. The van der Waals surface area contributed by atoms with Gasteiger partial charge in [-0.1, -0.05) is 17.3 Å². The van der Waals surface area contributed by atoms with Crippen LogP contribution in [0, 0.1) is 0 Å². The van der Waals surface area contributed by atoms with Crippen LogP contribution in [0.1, 0.15) is 11.4 Å². The third kappa shape index (κ3) is 1.89. The maximum Gasteiger partial charge on any atom is 0.213 e. The zero-order valence-corrected chi connectivity index (χ0v) is 10.1. The summed E-state index contributed by atoms with van der Waals surface area (Å²) in [5, 5.41) is 8.28. The molecule has 0 saturated heterocycles. The first kappa shape index (κ1) is 11.0. The van der Waals surface area contributed by atoms with E-state index in [4.69, 9.17) is 4.52 Å². The van der Waals surface area contributed by atoms with Gasteiger partial charge in [0.2, 0.25) is 6.39 Å². The minimum absolute atomic E-state index is 0.628. The van der Waals surface area contributed by atoms with E-state index in [2.05, 4.69) is 50.5 Å². The van der Waals surface area contributed by atoms with Crippen molar-refractivity contribution in [2.24, 2.45) is 0 Å². The van der Waals surface area contributed by atoms with Gasteiger partial charge in [-0.3, -0.25) is 0 Å². The van der Waals surface area contributed by atoms with E-state index in [0.29, 0.717) is 12.4 Å². The van der Waals surface area contributed by atoms with Crippen molar-refractivity contribution in [2.75, 3.05) is 7.05 Å². The lowest BCUT2D eigenvalue weighted by Gasteiger charge is -2.05. The molecule has 0 aliphatic heterocycles. The van der Waals surface area contributed by atoms with E-state index in [1.165, 1.54) is 22.9 Å². The van der Waals surface area contributed by atoms with Crippen molar-refractivity contribution in [3.8, 4) is 0 Å². The molecule has 0 saturated carbocycles. The maximum atomic E-state index is 4.75. The average molecular weight is 242 g/mol. The van der Waals surface area contributed by atoms with Crippen LogP contribution in [0.5, 0.6) is 0 Å². The number of hydrogen-bond donors (Lipinski definition) is 1. The quantitative estimate of drug-likeness (QED) is 0.757. The number of rotatable bonds is 4. The minimum atomic E-state index is 0.628. The molecule has 5 nitrogen and oxygen atoms in total. The van der Waals surface area contributed by atoms with Gasteiger partial charge in [0.25, 0.3) is 0 Å². The van der Waals surface area contributed by atoms with Gasteiger partial charge in [0, 0.05) is 23.6 Å². The van der Waals surface area contributed by atoms with Gasteiger partial charge in [0.1, 0.15) is 0 Å². The molecule has 0 aliphatic rings. The molecule has 0 fully saturated rings. The molecule has 0 spiro atoms. The fraction of sp³-hybridized carbons (Fsp3) is 0.231. The van der Waals surface area contributed by atoms with E-state index >= 15 is 0 Å². The summed E-state index contributed by atoms with van der Waals surface area (Å²) < 4.78 is 6.88. The Morgan fingerprint density at radius 3 is 3.06 bits per heavy atom. The Morgan fingerprint density at radius 1 is 1.33 bits per heavy atom. The van der Waals surface area contributed by atoms with Crippen molar-refractivity contribution in [1.82, 2.24) is 20.0 Å². The number of benzene rings is 1. The third-order valence-corrected chi connectivity index (χ3v) is 2.99. The highest BCUT2D eigenvalue weighted by Crippen LogP contribution is 2.20. The molecule has 0 amide bonds. The topological polar surface area (TPSA) is 55.9 Å². The second-order valence-electron chi connectivity index (χ2n) is 4.17. The molecule has 0 unspecified atom stereocenters. The SMILES string of the molecule is CNCc1cccc2c1ccn2Cc1ncon1. The van der Waals surface area contributed by atoms with Crippen LogP contribution in [0.2, 0.25) is 0 Å². The molecule has 1 N–H and O–H groups in total. The first-order valence-electron chi connectivity index (χ1n) is 5.85. The van der Waals surface area contributed by atoms with Gasteiger partial charge < -0.3 is 14.4 Å². The van der Waals surface area contributed by atoms with Crippen LogP contribution < -0.4 is 5.32 Å². The van der Waals surface area contributed by atoms with E-state index < -0.39 is 0 Å². The molecule has 92 valence electrons. The molecule has 0 radical (unpaired) electrons. The summed E-state index contributed by atoms with van der Waals surface area (Å²) in [7, 11) is 1.95. The summed E-state index contributed by atoms with van der Waals surface area (Å²) in [5.41, 5.74) is 2.48. The fourth-order valence-corrected chi connectivity index (χ4v) is 2.18. The molecule has 1 aromatic carbocycles. The van der Waals surface area contributed by atoms with Crippen LogP contribution in [-0.4, -0.2) is 21.8 Å². The van der Waals surface area contributed by atoms with Crippen LogP contribution in [0.15, 0.2) is 41.4 Å². The summed E-state index contributed by atoms with van der Waals surface area (Å²) in [6.07, 6.45) is 3.41. The predicted molar refractivity (Wildman–Crippen MR) is 68.1 cm³/mol. The molecule has 3 rings (SSSR count). The highest BCUT2D eigenvalue weighted by Gasteiger charge is 2.07. The lowest BCUT2D eigenvalue weighted by atomic mass is 10.1. The van der Waals surface area contributed by atoms with Crippen LogP contribution >= 0.6 is 0 Å². The van der Waals surface area contributed by atoms with Gasteiger partial charge in [0.05, 0.1) is 6.54 Å². The summed E-state index contributed by atoms with van der Waals surface area (Å²) >= 11 is 0. The zero-order valence-electron chi connectivity index (χ0n) is 10.1. The molecule has 18 heavy (non-hydrogen) atoms. The van der Waals surface area contributed by atoms with Crippen LogP contribution in [0.25, 0.3) is 10.9 Å². The van der Waals surface area contributed by atoms with E-state index in [1.807, 2.05) is 7.05 Å². The molecule has 2 heterocycles. The van der Waals surface area contributed by atoms with E-state index in [0.717, 1.165) is 6.54 Å². The highest BCUT2D eigenvalue weighted by atomic mass is 16.5. The summed E-state index contributed by atoms with van der Waals surface area (Å²) in [6, 6.07) is 8.44. The molecule has 0 bridgehead atoms. The Hall–Kier alpha value is -2.14. The van der Waals surface area contributed by atoms with Crippen LogP contribution in [0.3, 0.4) is 0 Å². The standard InChI is InChI=1S/C13H14N4O/c1-14-7-10-3-2-4-12-11(10)5-6-17(12)8-13-15-9-18-16-13/h2-6,9,14H,7-8H2,1H3. The fourth-order valence-electron chi connectivity index (χ4n) is 2.18. The molecule has 2 aromatic heterocycles. The molecule has 5 heteroatoms. The first-order valence-corrected chi connectivity index (χ1v) is 5.85. The first-order chi connectivity index (χ1) is 8.88. The van der Waals surface area contributed by atoms with Gasteiger partial charge in [-0.2, -0.15) is 4.98 Å². The smallest absolute Gasteiger partial charge is 0.213 e. The number of aromatic nitrogens is 3. The Morgan fingerprint density at radius 2 is 2.28 bits per heavy atom. The van der Waals surface area contributed by atoms with Crippen molar-refractivity contribution in [1.29, 1.82) is 0 Å². The van der Waals surface area contributed by atoms with Crippen molar-refractivity contribution in [3.63, 3.8) is 0 Å². The lowest BCUT2D eigenvalue weighted by Crippen LogP contribution is -2.05. The number of nitrogens with zero attached hydrogens (tertiary/aromatic N) is 3. The number of fused-ring (bicyclic) bond motifs is 1. The zero-order chi connectivity index (χ0) is 12.4. The predicted octanol–water partition coefficient (Wildman–Crippen LogP) is 1.79. The van der Waals surface area contributed by atoms with Crippen molar-refractivity contribution >= 4 is 10.9 Å². The Balaban J connectivity index is 2.01. The van der Waals surface area contributed by atoms with Crippen LogP contribution in [0.4, 0.5) is 0 Å². The van der Waals surface area contributed by atoms with Gasteiger partial charge in [-0.25, -0.2) is 0 Å². The second-order valence-corrected chi connectivity index (χ2v) is 4.17. The maximum absolute atomic E-state index is 4.75. The van der Waals surface area contributed by atoms with E-state index in [1.54, 1.807) is 0 Å². The van der Waals surface area contributed by atoms with Crippen molar-refractivity contribution in [2.45, 2.75) is 13.1 Å². The third-order valence-electron chi connectivity index (χ3n) is 2.99.